The molecule has 1 unspecified atom stereocenters. The summed E-state index contributed by atoms with van der Waals surface area (Å²) in [5, 5.41) is 0. The number of imide groups is 1. The molecule has 1 heterocycles. The summed E-state index contributed by atoms with van der Waals surface area (Å²) in [6.07, 6.45) is -1.29. The number of amides is 5. The molecule has 0 radical (unpaired) electrons. The second kappa shape index (κ2) is 4.80. The van der Waals surface area contributed by atoms with Crippen LogP contribution in [0.1, 0.15) is 0 Å². The summed E-state index contributed by atoms with van der Waals surface area (Å²) in [4.78, 5) is 38.0. The fourth-order valence-corrected chi connectivity index (χ4v) is 2.08. The number of likely N-dealkylation sites (N-methyl/N-ethyl adjacent to an activating group) is 2. The molecule has 1 aromatic rings. The monoisotopic (exact) mass is 280 g/mol. The van der Waals surface area contributed by atoms with Gasteiger partial charge in [-0.15, -0.1) is 0 Å². The summed E-state index contributed by atoms with van der Waals surface area (Å²) in [6, 6.07) is 3.76. The molecule has 0 saturated carbocycles. The normalized spacial score (nSPS) is 18.6. The number of hydrogen-bond donors (Lipinski definition) is 1. The molecule has 8 heteroatoms. The highest BCUT2D eigenvalue weighted by Gasteiger charge is 2.46. The van der Waals surface area contributed by atoms with Crippen molar-refractivity contribution in [3.8, 4) is 0 Å². The van der Waals surface area contributed by atoms with Crippen molar-refractivity contribution in [3.05, 3.63) is 30.1 Å². The Balaban J connectivity index is 2.51. The third kappa shape index (κ3) is 1.94. The molecule has 5 amide bonds. The Morgan fingerprint density at radius 3 is 2.35 bits per heavy atom. The lowest BCUT2D eigenvalue weighted by Crippen LogP contribution is -2.53. The molecule has 0 bridgehead atoms. The van der Waals surface area contributed by atoms with E-state index in [2.05, 4.69) is 0 Å². The van der Waals surface area contributed by atoms with Crippen LogP contribution < -0.4 is 10.6 Å². The number of hydrogen-bond acceptors (Lipinski definition) is 3. The first kappa shape index (κ1) is 13.8. The molecule has 0 aromatic heterocycles. The van der Waals surface area contributed by atoms with Gasteiger partial charge in [0, 0.05) is 14.1 Å². The van der Waals surface area contributed by atoms with Crippen LogP contribution in [-0.4, -0.2) is 48.0 Å². The van der Waals surface area contributed by atoms with Crippen molar-refractivity contribution < 1.29 is 18.8 Å². The summed E-state index contributed by atoms with van der Waals surface area (Å²) < 4.78 is 13.8. The van der Waals surface area contributed by atoms with Gasteiger partial charge >= 0.3 is 12.1 Å². The summed E-state index contributed by atoms with van der Waals surface area (Å²) >= 11 is 0. The summed E-state index contributed by atoms with van der Waals surface area (Å²) in [6.45, 7) is 0. The lowest BCUT2D eigenvalue weighted by Gasteiger charge is -2.29. The first-order valence-corrected chi connectivity index (χ1v) is 5.73. The summed E-state index contributed by atoms with van der Waals surface area (Å²) in [7, 11) is 2.62. The van der Waals surface area contributed by atoms with E-state index in [1.54, 1.807) is 0 Å². The Morgan fingerprint density at radius 2 is 1.90 bits per heavy atom. The Morgan fingerprint density at radius 1 is 1.30 bits per heavy atom. The summed E-state index contributed by atoms with van der Waals surface area (Å²) in [5.74, 6) is -1.37. The minimum atomic E-state index is -1.29. The molecule has 20 heavy (non-hydrogen) atoms. The molecule has 0 aliphatic carbocycles. The molecule has 1 aliphatic rings. The SMILES string of the molecule is CN1C(=O)C(N(C(N)=O)c2ccccc2F)N(C)C1=O. The van der Waals surface area contributed by atoms with Crippen molar-refractivity contribution in [1.82, 2.24) is 9.80 Å². The van der Waals surface area contributed by atoms with Gasteiger partial charge < -0.3 is 5.73 Å². The predicted molar refractivity (Wildman–Crippen MR) is 68.2 cm³/mol. The molecule has 1 aliphatic heterocycles. The molecule has 2 N–H and O–H groups in total. The van der Waals surface area contributed by atoms with Gasteiger partial charge in [0.2, 0.25) is 0 Å². The van der Waals surface area contributed by atoms with Gasteiger partial charge in [0.1, 0.15) is 5.82 Å². The fourth-order valence-electron chi connectivity index (χ4n) is 2.08. The van der Waals surface area contributed by atoms with Crippen molar-refractivity contribution in [2.45, 2.75) is 6.17 Å². The lowest BCUT2D eigenvalue weighted by atomic mass is 10.2. The van der Waals surface area contributed by atoms with Crippen molar-refractivity contribution in [3.63, 3.8) is 0 Å². The molecule has 106 valence electrons. The van der Waals surface area contributed by atoms with E-state index in [0.717, 1.165) is 20.8 Å². The van der Waals surface area contributed by atoms with Crippen LogP contribution in [0, 0.1) is 5.82 Å². The van der Waals surface area contributed by atoms with E-state index in [0.29, 0.717) is 0 Å². The van der Waals surface area contributed by atoms with Crippen molar-refractivity contribution in [2.24, 2.45) is 5.73 Å². The van der Waals surface area contributed by atoms with Gasteiger partial charge in [-0.1, -0.05) is 12.1 Å². The van der Waals surface area contributed by atoms with Crippen molar-refractivity contribution in [1.29, 1.82) is 0 Å². The molecule has 0 spiro atoms. The molecule has 7 nitrogen and oxygen atoms in total. The van der Waals surface area contributed by atoms with Crippen LogP contribution in [0.2, 0.25) is 0 Å². The third-order valence-corrected chi connectivity index (χ3v) is 3.10. The van der Waals surface area contributed by atoms with Crippen LogP contribution in [0.25, 0.3) is 0 Å². The van der Waals surface area contributed by atoms with E-state index in [4.69, 9.17) is 5.73 Å². The maximum Gasteiger partial charge on any atom is 0.328 e. The van der Waals surface area contributed by atoms with Gasteiger partial charge in [-0.25, -0.2) is 14.0 Å². The molecular weight excluding hydrogens is 267 g/mol. The molecule has 1 saturated heterocycles. The molecule has 1 fully saturated rings. The zero-order chi connectivity index (χ0) is 15.0. The number of urea groups is 2. The minimum absolute atomic E-state index is 0.159. The zero-order valence-corrected chi connectivity index (χ0v) is 10.9. The number of anilines is 1. The highest BCUT2D eigenvalue weighted by atomic mass is 19.1. The second-order valence-corrected chi connectivity index (χ2v) is 4.32. The van der Waals surface area contributed by atoms with E-state index in [1.807, 2.05) is 0 Å². The minimum Gasteiger partial charge on any atom is -0.351 e. The van der Waals surface area contributed by atoms with Gasteiger partial charge in [-0.3, -0.25) is 19.5 Å². The van der Waals surface area contributed by atoms with Gasteiger partial charge in [-0.05, 0) is 12.1 Å². The standard InChI is InChI=1S/C12H13FN4O3/c1-15-9(10(18)16(2)12(15)20)17(11(14)19)8-6-4-3-5-7(8)13/h3-6,9H,1-2H3,(H2,14,19). The highest BCUT2D eigenvalue weighted by Crippen LogP contribution is 2.26. The second-order valence-electron chi connectivity index (χ2n) is 4.32. The van der Waals surface area contributed by atoms with Crippen molar-refractivity contribution in [2.75, 3.05) is 19.0 Å². The van der Waals surface area contributed by atoms with Crippen molar-refractivity contribution >= 4 is 23.7 Å². The number of primary amides is 1. The number of rotatable bonds is 2. The van der Waals surface area contributed by atoms with E-state index >= 15 is 0 Å². The topological polar surface area (TPSA) is 87.0 Å². The van der Waals surface area contributed by atoms with E-state index in [1.165, 1.54) is 32.3 Å². The average Bonchev–Trinajstić information content (AvgIpc) is 2.58. The Labute approximate surface area is 114 Å². The predicted octanol–water partition coefficient (Wildman–Crippen LogP) is 0.561. The first-order chi connectivity index (χ1) is 9.36. The molecular formula is C12H13FN4O3. The van der Waals surface area contributed by atoms with Gasteiger partial charge in [0.25, 0.3) is 5.91 Å². The quantitative estimate of drug-likeness (QED) is 0.803. The smallest absolute Gasteiger partial charge is 0.328 e. The number of nitrogens with two attached hydrogens (primary N) is 1. The number of nitrogens with zero attached hydrogens (tertiary/aromatic N) is 3. The maximum atomic E-state index is 13.8. The highest BCUT2D eigenvalue weighted by molar-refractivity contribution is 6.09. The average molecular weight is 280 g/mol. The summed E-state index contributed by atoms with van der Waals surface area (Å²) in [5.41, 5.74) is 5.09. The van der Waals surface area contributed by atoms with Crippen LogP contribution in [0.15, 0.2) is 24.3 Å². The maximum absolute atomic E-state index is 13.8. The van der Waals surface area contributed by atoms with E-state index in [-0.39, 0.29) is 5.69 Å². The largest absolute Gasteiger partial charge is 0.351 e. The molecule has 2 rings (SSSR count). The number of benzene rings is 1. The van der Waals surface area contributed by atoms with Gasteiger partial charge in [0.05, 0.1) is 5.69 Å². The number of carbonyl (C=O) groups is 3. The molecule has 1 atom stereocenters. The number of para-hydroxylation sites is 1. The van der Waals surface area contributed by atoms with Crippen LogP contribution in [0.4, 0.5) is 19.7 Å². The van der Waals surface area contributed by atoms with Gasteiger partial charge in [-0.2, -0.15) is 0 Å². The van der Waals surface area contributed by atoms with Crippen LogP contribution in [-0.2, 0) is 4.79 Å². The third-order valence-electron chi connectivity index (χ3n) is 3.10. The first-order valence-electron chi connectivity index (χ1n) is 5.73. The zero-order valence-electron chi connectivity index (χ0n) is 10.9. The Kier molecular flexibility index (Phi) is 3.31. The number of halogens is 1. The lowest BCUT2D eigenvalue weighted by molar-refractivity contribution is -0.127. The van der Waals surface area contributed by atoms with Crippen LogP contribution in [0.5, 0.6) is 0 Å². The van der Waals surface area contributed by atoms with E-state index in [9.17, 15) is 18.8 Å². The van der Waals surface area contributed by atoms with E-state index < -0.39 is 30.0 Å². The Hall–Kier alpha value is -2.64. The van der Waals surface area contributed by atoms with Crippen LogP contribution in [0.3, 0.4) is 0 Å². The van der Waals surface area contributed by atoms with Gasteiger partial charge in [0.15, 0.2) is 6.17 Å². The molecule has 1 aromatic carbocycles. The fraction of sp³-hybridized carbons (Fsp3) is 0.250. The Bertz CT molecular complexity index is 592. The van der Waals surface area contributed by atoms with Crippen LogP contribution >= 0.6 is 0 Å². The number of carbonyl (C=O) groups excluding carboxylic acids is 3.